The molecule has 0 bridgehead atoms. The van der Waals surface area contributed by atoms with Crippen molar-refractivity contribution in [3.05, 3.63) is 29.3 Å². The van der Waals surface area contributed by atoms with Gasteiger partial charge in [0.25, 0.3) is 0 Å². The second-order valence-electron chi connectivity index (χ2n) is 3.58. The van der Waals surface area contributed by atoms with Crippen LogP contribution in [-0.4, -0.2) is 27.9 Å². The minimum absolute atomic E-state index is 0.0145. The molecule has 0 aromatic heterocycles. The van der Waals surface area contributed by atoms with Crippen molar-refractivity contribution in [2.45, 2.75) is 18.9 Å². The number of aromatic hydroxyl groups is 1. The summed E-state index contributed by atoms with van der Waals surface area (Å²) in [7, 11) is 0. The van der Waals surface area contributed by atoms with Gasteiger partial charge in [-0.1, -0.05) is 12.1 Å². The molecule has 0 unspecified atom stereocenters. The Morgan fingerprint density at radius 3 is 2.69 bits per heavy atom. The third kappa shape index (κ3) is 3.22. The summed E-state index contributed by atoms with van der Waals surface area (Å²) in [5.41, 5.74) is 6.81. The van der Waals surface area contributed by atoms with Gasteiger partial charge in [0.1, 0.15) is 5.75 Å². The maximum absolute atomic E-state index is 10.4. The summed E-state index contributed by atoms with van der Waals surface area (Å²) in [5, 5.41) is 26.9. The molecule has 1 rings (SSSR count). The van der Waals surface area contributed by atoms with Gasteiger partial charge in [-0.05, 0) is 18.1 Å². The zero-order chi connectivity index (χ0) is 12.1. The Morgan fingerprint density at radius 1 is 1.44 bits per heavy atom. The lowest BCUT2D eigenvalue weighted by Crippen LogP contribution is -2.15. The van der Waals surface area contributed by atoms with E-state index in [1.54, 1.807) is 12.1 Å². The second kappa shape index (κ2) is 5.48. The minimum Gasteiger partial charge on any atom is -0.508 e. The first-order valence-corrected chi connectivity index (χ1v) is 4.94. The number of phenolic OH excluding ortho intramolecular Hbond substituents is 1. The Bertz CT molecular complexity index is 378. The van der Waals surface area contributed by atoms with Crippen molar-refractivity contribution in [2.75, 3.05) is 6.61 Å². The van der Waals surface area contributed by atoms with E-state index >= 15 is 0 Å². The van der Waals surface area contributed by atoms with Crippen LogP contribution in [0.5, 0.6) is 5.75 Å². The molecule has 0 aliphatic heterocycles. The molecule has 5 heteroatoms. The highest BCUT2D eigenvalue weighted by Gasteiger charge is 2.11. The normalized spacial score (nSPS) is 12.4. The molecule has 5 nitrogen and oxygen atoms in total. The van der Waals surface area contributed by atoms with E-state index in [0.29, 0.717) is 12.0 Å². The quantitative estimate of drug-likeness (QED) is 0.580. The highest BCUT2D eigenvalue weighted by atomic mass is 16.4. The van der Waals surface area contributed by atoms with Crippen LogP contribution in [0.1, 0.15) is 23.6 Å². The van der Waals surface area contributed by atoms with Gasteiger partial charge in [-0.2, -0.15) is 0 Å². The molecule has 0 saturated heterocycles. The van der Waals surface area contributed by atoms with E-state index in [1.807, 2.05) is 0 Å². The summed E-state index contributed by atoms with van der Waals surface area (Å²) in [4.78, 5) is 10.4. The number of phenols is 1. The Balaban J connectivity index is 2.85. The highest BCUT2D eigenvalue weighted by Crippen LogP contribution is 2.24. The molecular weight excluding hydrogens is 210 g/mol. The van der Waals surface area contributed by atoms with E-state index in [2.05, 4.69) is 0 Å². The number of hydrogen-bond donors (Lipinski definition) is 4. The topological polar surface area (TPSA) is 104 Å². The Hall–Kier alpha value is -1.59. The predicted octanol–water partition coefficient (Wildman–Crippen LogP) is 0.401. The van der Waals surface area contributed by atoms with E-state index in [0.717, 1.165) is 5.56 Å². The molecule has 1 aromatic rings. The molecule has 0 spiro atoms. The van der Waals surface area contributed by atoms with Crippen molar-refractivity contribution in [1.29, 1.82) is 0 Å². The van der Waals surface area contributed by atoms with Crippen molar-refractivity contribution in [3.63, 3.8) is 0 Å². The smallest absolute Gasteiger partial charge is 0.303 e. The van der Waals surface area contributed by atoms with Crippen LogP contribution >= 0.6 is 0 Å². The number of aliphatic hydroxyl groups excluding tert-OH is 1. The third-order valence-corrected chi connectivity index (χ3v) is 2.32. The van der Waals surface area contributed by atoms with Gasteiger partial charge in [0.05, 0.1) is 12.6 Å². The Morgan fingerprint density at radius 2 is 2.12 bits per heavy atom. The fourth-order valence-electron chi connectivity index (χ4n) is 1.41. The molecule has 5 N–H and O–H groups in total. The minimum atomic E-state index is -0.874. The number of benzene rings is 1. The predicted molar refractivity (Wildman–Crippen MR) is 58.1 cm³/mol. The molecule has 0 fully saturated rings. The largest absolute Gasteiger partial charge is 0.508 e. The van der Waals surface area contributed by atoms with Crippen LogP contribution in [0.2, 0.25) is 0 Å². The lowest BCUT2D eigenvalue weighted by molar-refractivity contribution is -0.136. The van der Waals surface area contributed by atoms with Crippen LogP contribution in [0.25, 0.3) is 0 Å². The van der Waals surface area contributed by atoms with Crippen LogP contribution in [0.3, 0.4) is 0 Å². The number of aryl methyl sites for hydroxylation is 1. The fourth-order valence-corrected chi connectivity index (χ4v) is 1.41. The molecule has 1 aromatic carbocycles. The summed E-state index contributed by atoms with van der Waals surface area (Å²) in [5.74, 6) is -0.860. The Labute approximate surface area is 93.1 Å². The average Bonchev–Trinajstić information content (AvgIpc) is 2.27. The van der Waals surface area contributed by atoms with Crippen LogP contribution in [0.15, 0.2) is 18.2 Å². The van der Waals surface area contributed by atoms with E-state index in [-0.39, 0.29) is 18.8 Å². The molecule has 0 aliphatic carbocycles. The van der Waals surface area contributed by atoms with E-state index in [1.165, 1.54) is 6.07 Å². The summed E-state index contributed by atoms with van der Waals surface area (Å²) in [6, 6.07) is 4.08. The van der Waals surface area contributed by atoms with E-state index in [9.17, 15) is 9.90 Å². The number of carbonyl (C=O) groups is 1. The summed E-state index contributed by atoms with van der Waals surface area (Å²) >= 11 is 0. The standard InChI is InChI=1S/C11H15NO4/c12-9(6-13)8-5-7(1-3-10(8)14)2-4-11(15)16/h1,3,5,9,13-14H,2,4,6,12H2,(H,15,16)/t9-/m0/s1. The molecule has 0 radical (unpaired) electrons. The van der Waals surface area contributed by atoms with Crippen molar-refractivity contribution in [2.24, 2.45) is 5.73 Å². The molecule has 16 heavy (non-hydrogen) atoms. The third-order valence-electron chi connectivity index (χ3n) is 2.32. The number of carboxylic acid groups (broad SMARTS) is 1. The molecule has 88 valence electrons. The molecular formula is C11H15NO4. The maximum atomic E-state index is 10.4. The van der Waals surface area contributed by atoms with Crippen LogP contribution in [0.4, 0.5) is 0 Å². The number of rotatable bonds is 5. The first kappa shape index (κ1) is 12.5. The van der Waals surface area contributed by atoms with Crippen LogP contribution in [0, 0.1) is 0 Å². The van der Waals surface area contributed by atoms with Crippen LogP contribution < -0.4 is 5.73 Å². The summed E-state index contributed by atoms with van der Waals surface area (Å²) in [6.45, 7) is -0.268. The van der Waals surface area contributed by atoms with Crippen molar-refractivity contribution in [3.8, 4) is 5.75 Å². The molecule has 0 saturated carbocycles. The average molecular weight is 225 g/mol. The van der Waals surface area contributed by atoms with E-state index < -0.39 is 12.0 Å². The lowest BCUT2D eigenvalue weighted by atomic mass is 10.0. The molecule has 1 atom stereocenters. The maximum Gasteiger partial charge on any atom is 0.303 e. The summed E-state index contributed by atoms with van der Waals surface area (Å²) in [6.07, 6.45) is 0.402. The van der Waals surface area contributed by atoms with Crippen molar-refractivity contribution >= 4 is 5.97 Å². The number of aliphatic hydroxyl groups is 1. The fraction of sp³-hybridized carbons (Fsp3) is 0.364. The zero-order valence-corrected chi connectivity index (χ0v) is 8.76. The van der Waals surface area contributed by atoms with Gasteiger partial charge in [0.2, 0.25) is 0 Å². The van der Waals surface area contributed by atoms with Gasteiger partial charge in [0.15, 0.2) is 0 Å². The number of aliphatic carboxylic acids is 1. The molecule has 0 amide bonds. The van der Waals surface area contributed by atoms with Gasteiger partial charge in [-0.25, -0.2) is 0 Å². The van der Waals surface area contributed by atoms with Gasteiger partial charge >= 0.3 is 5.97 Å². The van der Waals surface area contributed by atoms with Gasteiger partial charge in [-0.15, -0.1) is 0 Å². The lowest BCUT2D eigenvalue weighted by Gasteiger charge is -2.12. The highest BCUT2D eigenvalue weighted by molar-refractivity contribution is 5.67. The van der Waals surface area contributed by atoms with Gasteiger partial charge < -0.3 is 21.1 Å². The molecule has 0 heterocycles. The number of nitrogens with two attached hydrogens (primary N) is 1. The first-order valence-electron chi connectivity index (χ1n) is 4.94. The zero-order valence-electron chi connectivity index (χ0n) is 8.76. The van der Waals surface area contributed by atoms with Gasteiger partial charge in [-0.3, -0.25) is 4.79 Å². The van der Waals surface area contributed by atoms with Crippen LogP contribution in [-0.2, 0) is 11.2 Å². The number of hydrogen-bond acceptors (Lipinski definition) is 4. The Kier molecular flexibility index (Phi) is 4.28. The SMILES string of the molecule is N[C@@H](CO)c1cc(CCC(=O)O)ccc1O. The number of carboxylic acids is 1. The monoisotopic (exact) mass is 225 g/mol. The molecule has 0 aliphatic rings. The van der Waals surface area contributed by atoms with Crippen molar-refractivity contribution in [1.82, 2.24) is 0 Å². The van der Waals surface area contributed by atoms with Crippen molar-refractivity contribution < 1.29 is 20.1 Å². The van der Waals surface area contributed by atoms with E-state index in [4.69, 9.17) is 15.9 Å². The second-order valence-corrected chi connectivity index (χ2v) is 3.58. The van der Waals surface area contributed by atoms with Gasteiger partial charge in [0, 0.05) is 12.0 Å². The summed E-state index contributed by atoms with van der Waals surface area (Å²) < 4.78 is 0. The first-order chi connectivity index (χ1) is 7.54.